The van der Waals surface area contributed by atoms with Gasteiger partial charge in [-0.2, -0.15) is 13.2 Å². The summed E-state index contributed by atoms with van der Waals surface area (Å²) in [7, 11) is -5.14. The van der Waals surface area contributed by atoms with Crippen molar-refractivity contribution in [2.45, 2.75) is 11.3 Å². The second-order valence-electron chi connectivity index (χ2n) is 2.66. The van der Waals surface area contributed by atoms with E-state index in [1.165, 1.54) is 18.3 Å². The van der Waals surface area contributed by atoms with Crippen LogP contribution in [0.5, 0.6) is 0 Å². The summed E-state index contributed by atoms with van der Waals surface area (Å²) in [6, 6.07) is 2.63. The van der Waals surface area contributed by atoms with Crippen molar-refractivity contribution in [3.05, 3.63) is 28.5 Å². The van der Waals surface area contributed by atoms with Crippen LogP contribution in [0.4, 0.5) is 13.2 Å². The minimum atomic E-state index is -5.23. The molecule has 1 aromatic rings. The average molecular weight is 304 g/mol. The van der Waals surface area contributed by atoms with Gasteiger partial charge in [0.1, 0.15) is 4.60 Å². The lowest BCUT2D eigenvalue weighted by atomic mass is 10.3. The predicted octanol–water partition coefficient (Wildman–Crippen LogP) is 2.28. The van der Waals surface area contributed by atoms with E-state index in [2.05, 4.69) is 20.9 Å². The Morgan fingerprint density at radius 1 is 1.40 bits per heavy atom. The van der Waals surface area contributed by atoms with Crippen LogP contribution in [0.1, 0.15) is 5.56 Å². The Kier molecular flexibility index (Phi) is 3.39. The first-order valence-electron chi connectivity index (χ1n) is 3.62. The van der Waals surface area contributed by atoms with Gasteiger partial charge in [-0.3, -0.25) is 0 Å². The second kappa shape index (κ2) is 4.09. The van der Waals surface area contributed by atoms with Crippen molar-refractivity contribution < 1.29 is 21.6 Å². The number of alkyl halides is 3. The molecule has 3 nitrogen and oxygen atoms in total. The summed E-state index contributed by atoms with van der Waals surface area (Å²) in [5.41, 5.74) is -5.25. The molecular weight excluding hydrogens is 299 g/mol. The third kappa shape index (κ3) is 2.91. The van der Waals surface area contributed by atoms with E-state index < -0.39 is 21.1 Å². The summed E-state index contributed by atoms with van der Waals surface area (Å²) in [6.07, 6.45) is 1.34. The molecular formula is C7H5BrF3NO2S. The molecule has 1 aromatic heterocycles. The summed E-state index contributed by atoms with van der Waals surface area (Å²) in [4.78, 5) is 3.63. The first-order valence-corrected chi connectivity index (χ1v) is 6.07. The Morgan fingerprint density at radius 3 is 2.47 bits per heavy atom. The van der Waals surface area contributed by atoms with E-state index in [0.717, 1.165) is 0 Å². The number of nitrogens with zero attached hydrogens (tertiary/aromatic N) is 1. The highest BCUT2D eigenvalue weighted by Crippen LogP contribution is 2.28. The van der Waals surface area contributed by atoms with Gasteiger partial charge < -0.3 is 0 Å². The zero-order chi connectivity index (χ0) is 11.7. The van der Waals surface area contributed by atoms with E-state index in [1.807, 2.05) is 0 Å². The molecule has 0 saturated carbocycles. The van der Waals surface area contributed by atoms with Crippen LogP contribution in [-0.4, -0.2) is 18.9 Å². The van der Waals surface area contributed by atoms with Crippen LogP contribution < -0.4 is 0 Å². The molecule has 0 unspecified atom stereocenters. The van der Waals surface area contributed by atoms with Crippen LogP contribution in [0.15, 0.2) is 22.9 Å². The average Bonchev–Trinajstić information content (AvgIpc) is 2.06. The van der Waals surface area contributed by atoms with Crippen molar-refractivity contribution >= 4 is 25.8 Å². The molecule has 0 atom stereocenters. The lowest BCUT2D eigenvalue weighted by Gasteiger charge is -2.08. The molecule has 0 amide bonds. The molecule has 8 heteroatoms. The van der Waals surface area contributed by atoms with Crippen LogP contribution in [0.3, 0.4) is 0 Å². The molecule has 15 heavy (non-hydrogen) atoms. The minimum absolute atomic E-state index is 0.0187. The monoisotopic (exact) mass is 303 g/mol. The van der Waals surface area contributed by atoms with Gasteiger partial charge in [0.2, 0.25) is 0 Å². The van der Waals surface area contributed by atoms with Gasteiger partial charge >= 0.3 is 5.51 Å². The Balaban J connectivity index is 3.03. The lowest BCUT2D eigenvalue weighted by Crippen LogP contribution is -2.24. The van der Waals surface area contributed by atoms with E-state index in [0.29, 0.717) is 0 Å². The first kappa shape index (κ1) is 12.4. The van der Waals surface area contributed by atoms with Crippen molar-refractivity contribution in [2.24, 2.45) is 0 Å². The maximum atomic E-state index is 12.0. The zero-order valence-electron chi connectivity index (χ0n) is 7.12. The molecule has 84 valence electrons. The van der Waals surface area contributed by atoms with Gasteiger partial charge in [-0.05, 0) is 22.0 Å². The highest BCUT2D eigenvalue weighted by molar-refractivity contribution is 9.10. The lowest BCUT2D eigenvalue weighted by molar-refractivity contribution is -0.0437. The fraction of sp³-hybridized carbons (Fsp3) is 0.286. The maximum absolute atomic E-state index is 12.0. The van der Waals surface area contributed by atoms with Crippen LogP contribution in [0.25, 0.3) is 0 Å². The third-order valence-electron chi connectivity index (χ3n) is 1.53. The molecule has 0 bridgehead atoms. The Morgan fingerprint density at radius 2 is 2.00 bits per heavy atom. The van der Waals surface area contributed by atoms with Crippen molar-refractivity contribution in [1.29, 1.82) is 0 Å². The predicted molar refractivity (Wildman–Crippen MR) is 50.6 cm³/mol. The molecule has 0 saturated heterocycles. The van der Waals surface area contributed by atoms with Gasteiger partial charge in [-0.25, -0.2) is 13.4 Å². The van der Waals surface area contributed by atoms with Crippen LogP contribution in [0.2, 0.25) is 0 Å². The fourth-order valence-corrected chi connectivity index (χ4v) is 2.20. The molecule has 0 radical (unpaired) electrons. The van der Waals surface area contributed by atoms with Crippen molar-refractivity contribution in [2.75, 3.05) is 0 Å². The van der Waals surface area contributed by atoms with Gasteiger partial charge in [-0.1, -0.05) is 6.07 Å². The summed E-state index contributed by atoms with van der Waals surface area (Å²) in [5, 5.41) is 0. The van der Waals surface area contributed by atoms with E-state index in [9.17, 15) is 21.6 Å². The van der Waals surface area contributed by atoms with Gasteiger partial charge in [0.05, 0.1) is 5.75 Å². The third-order valence-corrected chi connectivity index (χ3v) is 3.64. The second-order valence-corrected chi connectivity index (χ2v) is 5.39. The number of pyridine rings is 1. The van der Waals surface area contributed by atoms with E-state index in [4.69, 9.17) is 0 Å². The first-order chi connectivity index (χ1) is 6.74. The largest absolute Gasteiger partial charge is 0.497 e. The molecule has 0 fully saturated rings. The Labute approximate surface area is 92.4 Å². The smallest absolute Gasteiger partial charge is 0.249 e. The molecule has 0 aliphatic heterocycles. The number of rotatable bonds is 2. The molecule has 0 N–H and O–H groups in total. The number of sulfone groups is 1. The van der Waals surface area contributed by atoms with E-state index >= 15 is 0 Å². The maximum Gasteiger partial charge on any atom is 0.497 e. The number of halogens is 4. The SMILES string of the molecule is O=S(=O)(Cc1cccnc1Br)C(F)(F)F. The Bertz CT molecular complexity index is 458. The summed E-state index contributed by atoms with van der Waals surface area (Å²) >= 11 is 2.87. The molecule has 1 heterocycles. The molecule has 0 aliphatic carbocycles. The standard InChI is InChI=1S/C7H5BrF3NO2S/c8-6-5(2-1-3-12-6)4-15(13,14)7(9,10)11/h1-3H,4H2. The number of aromatic nitrogens is 1. The minimum Gasteiger partial charge on any atom is -0.249 e. The van der Waals surface area contributed by atoms with Crippen molar-refractivity contribution in [3.8, 4) is 0 Å². The number of hydrogen-bond acceptors (Lipinski definition) is 3. The number of hydrogen-bond donors (Lipinski definition) is 0. The zero-order valence-corrected chi connectivity index (χ0v) is 9.53. The molecule has 1 rings (SSSR count). The quantitative estimate of drug-likeness (QED) is 0.788. The molecule has 0 aliphatic rings. The summed E-state index contributed by atoms with van der Waals surface area (Å²) < 4.78 is 57.8. The highest BCUT2D eigenvalue weighted by Gasteiger charge is 2.45. The molecule has 0 spiro atoms. The van der Waals surface area contributed by atoms with Crippen LogP contribution >= 0.6 is 15.9 Å². The van der Waals surface area contributed by atoms with Crippen LogP contribution in [-0.2, 0) is 15.6 Å². The highest BCUT2D eigenvalue weighted by atomic mass is 79.9. The van der Waals surface area contributed by atoms with Gasteiger partial charge in [0, 0.05) is 11.8 Å². The van der Waals surface area contributed by atoms with Gasteiger partial charge in [0.25, 0.3) is 9.84 Å². The summed E-state index contributed by atoms with van der Waals surface area (Å²) in [6.45, 7) is 0. The van der Waals surface area contributed by atoms with E-state index in [1.54, 1.807) is 0 Å². The van der Waals surface area contributed by atoms with Gasteiger partial charge in [-0.15, -0.1) is 0 Å². The van der Waals surface area contributed by atoms with Crippen LogP contribution in [0, 0.1) is 0 Å². The summed E-state index contributed by atoms with van der Waals surface area (Å²) in [5.74, 6) is -1.11. The normalized spacial score (nSPS) is 12.8. The fourth-order valence-electron chi connectivity index (χ4n) is 0.814. The topological polar surface area (TPSA) is 47.0 Å². The van der Waals surface area contributed by atoms with Crippen molar-refractivity contribution in [3.63, 3.8) is 0 Å². The van der Waals surface area contributed by atoms with Crippen molar-refractivity contribution in [1.82, 2.24) is 4.98 Å². The Hall–Kier alpha value is -0.630. The van der Waals surface area contributed by atoms with Gasteiger partial charge in [0.15, 0.2) is 0 Å². The molecule has 0 aromatic carbocycles. The van der Waals surface area contributed by atoms with E-state index in [-0.39, 0.29) is 10.2 Å².